The van der Waals surface area contributed by atoms with Crippen LogP contribution in [0.2, 0.25) is 0 Å². The van der Waals surface area contributed by atoms with Gasteiger partial charge in [0.25, 0.3) is 0 Å². The molecule has 5 nitrogen and oxygen atoms in total. The van der Waals surface area contributed by atoms with Crippen molar-refractivity contribution in [3.05, 3.63) is 0 Å². The van der Waals surface area contributed by atoms with Gasteiger partial charge in [-0.05, 0) is 0 Å². The van der Waals surface area contributed by atoms with E-state index in [0.717, 1.165) is 0 Å². The molecule has 0 saturated carbocycles. The number of likely N-dealkylation sites (tertiary alicyclic amines) is 1. The van der Waals surface area contributed by atoms with E-state index in [9.17, 15) is 9.59 Å². The van der Waals surface area contributed by atoms with Crippen LogP contribution in [0, 0.1) is 11.8 Å². The van der Waals surface area contributed by atoms with E-state index in [4.69, 9.17) is 5.11 Å². The largest absolute Gasteiger partial charge is 0.481 e. The molecule has 1 aliphatic heterocycles. The molecule has 1 N–H and O–H groups in total. The predicted octanol–water partition coefficient (Wildman–Crippen LogP) is 0.321. The highest BCUT2D eigenvalue weighted by atomic mass is 16.4. The zero-order chi connectivity index (χ0) is 10.9. The van der Waals surface area contributed by atoms with Crippen LogP contribution in [-0.2, 0) is 4.79 Å². The van der Waals surface area contributed by atoms with Crippen molar-refractivity contribution in [2.45, 2.75) is 6.92 Å². The topological polar surface area (TPSA) is 60.9 Å². The maximum atomic E-state index is 11.4. The zero-order valence-corrected chi connectivity index (χ0v) is 8.73. The summed E-state index contributed by atoms with van der Waals surface area (Å²) in [7, 11) is 3.38. The molecule has 1 unspecified atom stereocenters. The summed E-state index contributed by atoms with van der Waals surface area (Å²) in [6, 6.07) is -0.0427. The van der Waals surface area contributed by atoms with Crippen molar-refractivity contribution in [3.63, 3.8) is 0 Å². The molecule has 0 aromatic heterocycles. The number of carboxylic acids is 1. The summed E-state index contributed by atoms with van der Waals surface area (Å²) in [4.78, 5) is 25.2. The van der Waals surface area contributed by atoms with Crippen molar-refractivity contribution < 1.29 is 14.7 Å². The number of hydrogen-bond acceptors (Lipinski definition) is 2. The van der Waals surface area contributed by atoms with Gasteiger partial charge in [-0.25, -0.2) is 4.79 Å². The van der Waals surface area contributed by atoms with Crippen LogP contribution < -0.4 is 0 Å². The van der Waals surface area contributed by atoms with Gasteiger partial charge < -0.3 is 14.9 Å². The van der Waals surface area contributed by atoms with Crippen molar-refractivity contribution in [1.29, 1.82) is 0 Å². The fourth-order valence-corrected chi connectivity index (χ4v) is 1.47. The normalized spacial score (nSPS) is 18.6. The lowest BCUT2D eigenvalue weighted by Gasteiger charge is -2.42. The molecule has 0 spiro atoms. The Bertz CT molecular complexity index is 246. The van der Waals surface area contributed by atoms with E-state index in [1.54, 1.807) is 25.9 Å². The SMILES string of the molecule is CC(C(=O)O)C1CN(C(=O)N(C)C)C1. The molecule has 0 bridgehead atoms. The summed E-state index contributed by atoms with van der Waals surface area (Å²) in [6.45, 7) is 2.80. The highest BCUT2D eigenvalue weighted by Gasteiger charge is 2.37. The third-order valence-electron chi connectivity index (χ3n) is 2.66. The lowest BCUT2D eigenvalue weighted by Crippen LogP contribution is -2.56. The van der Waals surface area contributed by atoms with E-state index in [1.165, 1.54) is 4.90 Å². The van der Waals surface area contributed by atoms with Crippen LogP contribution in [0.15, 0.2) is 0 Å². The highest BCUT2D eigenvalue weighted by molar-refractivity contribution is 5.75. The van der Waals surface area contributed by atoms with Gasteiger partial charge in [0.1, 0.15) is 0 Å². The predicted molar refractivity (Wildman–Crippen MR) is 50.9 cm³/mol. The van der Waals surface area contributed by atoms with Crippen molar-refractivity contribution in [3.8, 4) is 0 Å². The molecule has 1 heterocycles. The molecule has 0 aromatic rings. The molecule has 2 amide bonds. The molecule has 0 aromatic carbocycles. The summed E-state index contributed by atoms with van der Waals surface area (Å²) in [5.41, 5.74) is 0. The smallest absolute Gasteiger partial charge is 0.319 e. The summed E-state index contributed by atoms with van der Waals surface area (Å²) >= 11 is 0. The summed E-state index contributed by atoms with van der Waals surface area (Å²) < 4.78 is 0. The van der Waals surface area contributed by atoms with Crippen LogP contribution in [0.4, 0.5) is 4.79 Å². The van der Waals surface area contributed by atoms with Crippen LogP contribution in [0.3, 0.4) is 0 Å². The van der Waals surface area contributed by atoms with E-state index in [-0.39, 0.29) is 17.9 Å². The maximum Gasteiger partial charge on any atom is 0.319 e. The molecule has 1 atom stereocenters. The molecule has 14 heavy (non-hydrogen) atoms. The second kappa shape index (κ2) is 3.86. The van der Waals surface area contributed by atoms with E-state index in [2.05, 4.69) is 0 Å². The lowest BCUT2D eigenvalue weighted by atomic mass is 9.87. The average molecular weight is 200 g/mol. The Morgan fingerprint density at radius 2 is 1.93 bits per heavy atom. The van der Waals surface area contributed by atoms with Crippen molar-refractivity contribution in [2.24, 2.45) is 11.8 Å². The first-order chi connectivity index (χ1) is 6.43. The van der Waals surface area contributed by atoms with Crippen LogP contribution in [0.1, 0.15) is 6.92 Å². The Kier molecular flexibility index (Phi) is 2.98. The minimum atomic E-state index is -0.785. The third kappa shape index (κ3) is 1.97. The van der Waals surface area contributed by atoms with Gasteiger partial charge in [0.2, 0.25) is 0 Å². The number of hydrogen-bond donors (Lipinski definition) is 1. The molecule has 1 aliphatic rings. The van der Waals surface area contributed by atoms with Gasteiger partial charge in [0, 0.05) is 33.1 Å². The Labute approximate surface area is 83.3 Å². The zero-order valence-electron chi connectivity index (χ0n) is 8.73. The molecule has 5 heteroatoms. The quantitative estimate of drug-likeness (QED) is 0.698. The molecule has 0 aliphatic carbocycles. The van der Waals surface area contributed by atoms with Crippen LogP contribution >= 0.6 is 0 Å². The third-order valence-corrected chi connectivity index (χ3v) is 2.66. The second-order valence-electron chi connectivity index (χ2n) is 3.97. The van der Waals surface area contributed by atoms with E-state index in [1.807, 2.05) is 0 Å². The number of nitrogens with zero attached hydrogens (tertiary/aromatic N) is 2. The van der Waals surface area contributed by atoms with E-state index < -0.39 is 5.97 Å². The average Bonchev–Trinajstić information content (AvgIpc) is 2.00. The number of rotatable bonds is 2. The number of carboxylic acid groups (broad SMARTS) is 1. The van der Waals surface area contributed by atoms with Crippen LogP contribution in [0.25, 0.3) is 0 Å². The molecule has 80 valence electrons. The molecule has 1 fully saturated rings. The summed E-state index contributed by atoms with van der Waals surface area (Å²) in [5.74, 6) is -1.04. The summed E-state index contributed by atoms with van der Waals surface area (Å²) in [6.07, 6.45) is 0. The first-order valence-electron chi connectivity index (χ1n) is 4.62. The van der Waals surface area contributed by atoms with Gasteiger partial charge in [-0.3, -0.25) is 4.79 Å². The fraction of sp³-hybridized carbons (Fsp3) is 0.778. The lowest BCUT2D eigenvalue weighted by molar-refractivity contribution is -0.144. The first kappa shape index (κ1) is 10.8. The molecule has 0 radical (unpaired) electrons. The number of carbonyl (C=O) groups is 2. The Morgan fingerprint density at radius 3 is 2.29 bits per heavy atom. The first-order valence-corrected chi connectivity index (χ1v) is 4.62. The summed E-state index contributed by atoms with van der Waals surface area (Å²) in [5, 5.41) is 8.74. The van der Waals surface area contributed by atoms with Crippen LogP contribution in [-0.4, -0.2) is 54.1 Å². The molecule has 1 rings (SSSR count). The number of aliphatic carboxylic acids is 1. The second-order valence-corrected chi connectivity index (χ2v) is 3.97. The van der Waals surface area contributed by atoms with Gasteiger partial charge in [-0.2, -0.15) is 0 Å². The van der Waals surface area contributed by atoms with E-state index in [0.29, 0.717) is 13.1 Å². The van der Waals surface area contributed by atoms with Crippen LogP contribution in [0.5, 0.6) is 0 Å². The number of urea groups is 1. The van der Waals surface area contributed by atoms with Crippen molar-refractivity contribution >= 4 is 12.0 Å². The standard InChI is InChI=1S/C9H16N2O3/c1-6(8(12)13)7-4-11(5-7)9(14)10(2)3/h6-7H,4-5H2,1-3H3,(H,12,13). The van der Waals surface area contributed by atoms with Gasteiger partial charge in [0.05, 0.1) is 5.92 Å². The Hall–Kier alpha value is -1.26. The van der Waals surface area contributed by atoms with Crippen molar-refractivity contribution in [1.82, 2.24) is 9.80 Å². The molecule has 1 saturated heterocycles. The van der Waals surface area contributed by atoms with Crippen molar-refractivity contribution in [2.75, 3.05) is 27.2 Å². The number of amides is 2. The maximum absolute atomic E-state index is 11.4. The minimum Gasteiger partial charge on any atom is -0.481 e. The monoisotopic (exact) mass is 200 g/mol. The van der Waals surface area contributed by atoms with E-state index >= 15 is 0 Å². The highest BCUT2D eigenvalue weighted by Crippen LogP contribution is 2.24. The molecular formula is C9H16N2O3. The van der Waals surface area contributed by atoms with Gasteiger partial charge >= 0.3 is 12.0 Å². The molecular weight excluding hydrogens is 184 g/mol. The Balaban J connectivity index is 2.37. The van der Waals surface area contributed by atoms with Gasteiger partial charge in [-0.15, -0.1) is 0 Å². The Morgan fingerprint density at radius 1 is 1.43 bits per heavy atom. The van der Waals surface area contributed by atoms with Gasteiger partial charge in [0.15, 0.2) is 0 Å². The van der Waals surface area contributed by atoms with Gasteiger partial charge in [-0.1, -0.05) is 6.92 Å². The number of carbonyl (C=O) groups excluding carboxylic acids is 1. The fourth-order valence-electron chi connectivity index (χ4n) is 1.47. The minimum absolute atomic E-state index is 0.0427.